The van der Waals surface area contributed by atoms with E-state index in [0.29, 0.717) is 35.2 Å². The number of nitrogens with one attached hydrogen (secondary N) is 2. The standard InChI is InChI=1S/C17H16ClN5O/c18-13-3-1-11(2-4-13)15-9-21-16(23-15)10-22-17(24)12-5-6-20-14(7-12)8-19/h1-7,9H,8,10,19H2,(H,21,23)(H,22,24). The minimum absolute atomic E-state index is 0.198. The van der Waals surface area contributed by atoms with Crippen molar-refractivity contribution in [2.75, 3.05) is 0 Å². The van der Waals surface area contributed by atoms with Crippen LogP contribution in [0.3, 0.4) is 0 Å². The Morgan fingerprint density at radius 1 is 1.21 bits per heavy atom. The average molecular weight is 342 g/mol. The number of imidazole rings is 1. The Morgan fingerprint density at radius 2 is 2.00 bits per heavy atom. The second-order valence-corrected chi connectivity index (χ2v) is 5.61. The highest BCUT2D eigenvalue weighted by atomic mass is 35.5. The van der Waals surface area contributed by atoms with Gasteiger partial charge in [0.1, 0.15) is 5.82 Å². The van der Waals surface area contributed by atoms with Gasteiger partial charge in [0.2, 0.25) is 0 Å². The van der Waals surface area contributed by atoms with Gasteiger partial charge in [-0.1, -0.05) is 23.7 Å². The molecule has 0 unspecified atom stereocenters. The molecular formula is C17H16ClN5O. The molecule has 6 nitrogen and oxygen atoms in total. The lowest BCUT2D eigenvalue weighted by Gasteiger charge is -2.04. The van der Waals surface area contributed by atoms with Gasteiger partial charge in [-0.25, -0.2) is 4.98 Å². The number of hydrogen-bond donors (Lipinski definition) is 3. The van der Waals surface area contributed by atoms with Crippen molar-refractivity contribution in [1.29, 1.82) is 0 Å². The zero-order valence-corrected chi connectivity index (χ0v) is 13.5. The number of H-pyrrole nitrogens is 1. The lowest BCUT2D eigenvalue weighted by atomic mass is 10.2. The number of aromatic amines is 1. The van der Waals surface area contributed by atoms with E-state index in [0.717, 1.165) is 11.3 Å². The number of nitrogens with two attached hydrogens (primary N) is 1. The quantitative estimate of drug-likeness (QED) is 0.664. The van der Waals surface area contributed by atoms with Crippen LogP contribution in [0.2, 0.25) is 5.02 Å². The van der Waals surface area contributed by atoms with Crippen LogP contribution in [0, 0.1) is 0 Å². The molecule has 0 saturated carbocycles. The van der Waals surface area contributed by atoms with Crippen molar-refractivity contribution in [2.24, 2.45) is 5.73 Å². The smallest absolute Gasteiger partial charge is 0.251 e. The molecule has 0 bridgehead atoms. The number of aromatic nitrogens is 3. The van der Waals surface area contributed by atoms with Gasteiger partial charge < -0.3 is 16.0 Å². The van der Waals surface area contributed by atoms with E-state index in [1.807, 2.05) is 24.3 Å². The zero-order chi connectivity index (χ0) is 16.9. The van der Waals surface area contributed by atoms with Crippen molar-refractivity contribution < 1.29 is 4.79 Å². The Morgan fingerprint density at radius 3 is 2.75 bits per heavy atom. The molecule has 0 fully saturated rings. The third-order valence-corrected chi connectivity index (χ3v) is 3.74. The number of benzene rings is 1. The summed E-state index contributed by atoms with van der Waals surface area (Å²) in [6, 6.07) is 10.8. The van der Waals surface area contributed by atoms with Crippen molar-refractivity contribution >= 4 is 17.5 Å². The van der Waals surface area contributed by atoms with Crippen LogP contribution < -0.4 is 11.1 Å². The molecule has 0 spiro atoms. The summed E-state index contributed by atoms with van der Waals surface area (Å²) in [6.45, 7) is 0.594. The molecule has 3 rings (SSSR count). The predicted molar refractivity (Wildman–Crippen MR) is 92.3 cm³/mol. The molecule has 24 heavy (non-hydrogen) atoms. The highest BCUT2D eigenvalue weighted by Gasteiger charge is 2.08. The number of pyridine rings is 1. The maximum Gasteiger partial charge on any atom is 0.251 e. The summed E-state index contributed by atoms with van der Waals surface area (Å²) < 4.78 is 0. The molecule has 0 radical (unpaired) electrons. The number of amides is 1. The lowest BCUT2D eigenvalue weighted by molar-refractivity contribution is 0.0949. The minimum Gasteiger partial charge on any atom is -0.345 e. The van der Waals surface area contributed by atoms with Gasteiger partial charge in [0.25, 0.3) is 5.91 Å². The SMILES string of the molecule is NCc1cc(C(=O)NCc2ncc(-c3ccc(Cl)cc3)[nH]2)ccn1. The highest BCUT2D eigenvalue weighted by molar-refractivity contribution is 6.30. The van der Waals surface area contributed by atoms with Crippen molar-refractivity contribution in [3.63, 3.8) is 0 Å². The van der Waals surface area contributed by atoms with E-state index in [1.54, 1.807) is 24.5 Å². The first-order valence-electron chi connectivity index (χ1n) is 7.39. The molecular weight excluding hydrogens is 326 g/mol. The molecule has 3 aromatic rings. The highest BCUT2D eigenvalue weighted by Crippen LogP contribution is 2.19. The molecule has 122 valence electrons. The Labute approximate surface area is 144 Å². The van der Waals surface area contributed by atoms with Crippen LogP contribution in [0.5, 0.6) is 0 Å². The third kappa shape index (κ3) is 3.79. The molecule has 0 aliphatic heterocycles. The van der Waals surface area contributed by atoms with Gasteiger partial charge in [0.05, 0.1) is 24.1 Å². The molecule has 0 saturated heterocycles. The number of nitrogens with zero attached hydrogens (tertiary/aromatic N) is 2. The van der Waals surface area contributed by atoms with Gasteiger partial charge in [-0.05, 0) is 29.8 Å². The maximum absolute atomic E-state index is 12.2. The largest absolute Gasteiger partial charge is 0.345 e. The number of carbonyl (C=O) groups excluding carboxylic acids is 1. The molecule has 4 N–H and O–H groups in total. The molecule has 2 aromatic heterocycles. The Kier molecular flexibility index (Phi) is 4.88. The van der Waals surface area contributed by atoms with Crippen molar-refractivity contribution in [1.82, 2.24) is 20.3 Å². The summed E-state index contributed by atoms with van der Waals surface area (Å²) in [4.78, 5) is 23.7. The summed E-state index contributed by atoms with van der Waals surface area (Å²) in [6.07, 6.45) is 3.30. The van der Waals surface area contributed by atoms with Crippen LogP contribution in [0.25, 0.3) is 11.3 Å². The molecule has 0 aliphatic carbocycles. The second-order valence-electron chi connectivity index (χ2n) is 5.17. The molecule has 1 aromatic carbocycles. The summed E-state index contributed by atoms with van der Waals surface area (Å²) in [5.74, 6) is 0.470. The molecule has 0 atom stereocenters. The molecule has 2 heterocycles. The minimum atomic E-state index is -0.198. The summed E-state index contributed by atoms with van der Waals surface area (Å²) in [5, 5.41) is 3.50. The van der Waals surface area contributed by atoms with Crippen LogP contribution in [0.1, 0.15) is 21.9 Å². The van der Waals surface area contributed by atoms with Crippen molar-refractivity contribution in [3.05, 3.63) is 70.9 Å². The van der Waals surface area contributed by atoms with Crippen LogP contribution in [0.15, 0.2) is 48.8 Å². The summed E-state index contributed by atoms with van der Waals surface area (Å²) >= 11 is 5.88. The van der Waals surface area contributed by atoms with E-state index in [1.165, 1.54) is 0 Å². The third-order valence-electron chi connectivity index (χ3n) is 3.49. The monoisotopic (exact) mass is 341 g/mol. The van der Waals surface area contributed by atoms with Crippen LogP contribution in [-0.4, -0.2) is 20.9 Å². The number of carbonyl (C=O) groups is 1. The zero-order valence-electron chi connectivity index (χ0n) is 12.8. The Bertz CT molecular complexity index is 844. The predicted octanol–water partition coefficient (Wildman–Crippen LogP) is 2.51. The van der Waals surface area contributed by atoms with E-state index in [2.05, 4.69) is 20.3 Å². The first-order chi connectivity index (χ1) is 11.7. The fraction of sp³-hybridized carbons (Fsp3) is 0.118. The topological polar surface area (TPSA) is 96.7 Å². The van der Waals surface area contributed by atoms with Crippen LogP contribution in [0.4, 0.5) is 0 Å². The van der Waals surface area contributed by atoms with Gasteiger partial charge in [-0.3, -0.25) is 9.78 Å². The Hall–Kier alpha value is -2.70. The van der Waals surface area contributed by atoms with Gasteiger partial charge in [0, 0.05) is 23.3 Å². The average Bonchev–Trinajstić information content (AvgIpc) is 3.09. The fourth-order valence-electron chi connectivity index (χ4n) is 2.23. The summed E-state index contributed by atoms with van der Waals surface area (Å²) in [7, 11) is 0. The number of halogens is 1. The van der Waals surface area contributed by atoms with Crippen molar-refractivity contribution in [3.8, 4) is 11.3 Å². The van der Waals surface area contributed by atoms with Crippen molar-refractivity contribution in [2.45, 2.75) is 13.1 Å². The first kappa shape index (κ1) is 16.2. The number of rotatable bonds is 5. The lowest BCUT2D eigenvalue weighted by Crippen LogP contribution is -2.23. The van der Waals surface area contributed by atoms with E-state index in [4.69, 9.17) is 17.3 Å². The van der Waals surface area contributed by atoms with Gasteiger partial charge in [0.15, 0.2) is 0 Å². The molecule has 7 heteroatoms. The van der Waals surface area contributed by atoms with E-state index >= 15 is 0 Å². The second kappa shape index (κ2) is 7.25. The summed E-state index contributed by atoms with van der Waals surface area (Å²) in [5.41, 5.74) is 8.57. The van der Waals surface area contributed by atoms with Crippen LogP contribution >= 0.6 is 11.6 Å². The van der Waals surface area contributed by atoms with Gasteiger partial charge in [-0.2, -0.15) is 0 Å². The fourth-order valence-corrected chi connectivity index (χ4v) is 2.35. The maximum atomic E-state index is 12.2. The number of hydrogen-bond acceptors (Lipinski definition) is 4. The van der Waals surface area contributed by atoms with E-state index in [-0.39, 0.29) is 5.91 Å². The van der Waals surface area contributed by atoms with E-state index < -0.39 is 0 Å². The normalized spacial score (nSPS) is 10.6. The van der Waals surface area contributed by atoms with Gasteiger partial charge >= 0.3 is 0 Å². The van der Waals surface area contributed by atoms with Crippen LogP contribution in [-0.2, 0) is 13.1 Å². The molecule has 0 aliphatic rings. The van der Waals surface area contributed by atoms with Gasteiger partial charge in [-0.15, -0.1) is 0 Å². The molecule has 1 amide bonds. The first-order valence-corrected chi connectivity index (χ1v) is 7.76. The van der Waals surface area contributed by atoms with E-state index in [9.17, 15) is 4.79 Å². The Balaban J connectivity index is 1.64.